The van der Waals surface area contributed by atoms with E-state index in [2.05, 4.69) is 35.8 Å². The van der Waals surface area contributed by atoms with Gasteiger partial charge in [-0.25, -0.2) is 14.8 Å². The molecule has 0 aromatic carbocycles. The molecule has 0 aliphatic heterocycles. The molecule has 0 unspecified atom stereocenters. The van der Waals surface area contributed by atoms with Gasteiger partial charge in [0, 0.05) is 12.7 Å². The fraction of sp³-hybridized carbons (Fsp3) is 0.238. The molecule has 14 heteroatoms. The maximum absolute atomic E-state index is 13.7. The number of hydrogen-bond acceptors (Lipinski definition) is 7. The van der Waals surface area contributed by atoms with Gasteiger partial charge in [0.2, 0.25) is 0 Å². The van der Waals surface area contributed by atoms with E-state index >= 15 is 0 Å². The molecule has 2 N–H and O–H groups in total. The number of nitrogens with zero attached hydrogens (tertiary/aromatic N) is 6. The number of fused-ring (bicyclic) bond motifs is 1. The molecule has 2 amide bonds. The summed E-state index contributed by atoms with van der Waals surface area (Å²) >= 11 is 6.03. The molecule has 4 aromatic rings. The molecule has 0 fully saturated rings. The highest BCUT2D eigenvalue weighted by molar-refractivity contribution is 6.29. The number of aromatic nitrogens is 6. The van der Waals surface area contributed by atoms with Crippen LogP contribution in [0.4, 0.5) is 29.3 Å². The number of alkyl halides is 3. The highest BCUT2D eigenvalue weighted by Gasteiger charge is 2.36. The largest absolute Gasteiger partial charge is 0.420 e. The van der Waals surface area contributed by atoms with Gasteiger partial charge in [0.05, 0.1) is 52.8 Å². The number of carbonyl (C=O) groups is 1. The molecule has 1 atom stereocenters. The van der Waals surface area contributed by atoms with E-state index in [0.29, 0.717) is 16.6 Å². The van der Waals surface area contributed by atoms with Crippen LogP contribution in [0.25, 0.3) is 16.9 Å². The molecule has 0 bridgehead atoms. The monoisotopic (exact) mass is 506 g/mol. The van der Waals surface area contributed by atoms with Crippen LogP contribution in [0.3, 0.4) is 0 Å². The molecule has 4 heterocycles. The smallest absolute Gasteiger partial charge is 0.377 e. The first-order valence-electron chi connectivity index (χ1n) is 10.1. The lowest BCUT2D eigenvalue weighted by molar-refractivity contribution is -0.137. The molecule has 35 heavy (non-hydrogen) atoms. The Morgan fingerprint density at radius 3 is 2.49 bits per heavy atom. The third kappa shape index (κ3) is 5.00. The Hall–Kier alpha value is -3.84. The Morgan fingerprint density at radius 2 is 1.83 bits per heavy atom. The van der Waals surface area contributed by atoms with Crippen LogP contribution >= 0.6 is 11.6 Å². The number of aryl methyl sites for hydroxylation is 1. The minimum Gasteiger partial charge on any atom is -0.377 e. The highest BCUT2D eigenvalue weighted by atomic mass is 35.5. The van der Waals surface area contributed by atoms with Gasteiger partial charge in [-0.2, -0.15) is 23.4 Å². The van der Waals surface area contributed by atoms with Crippen LogP contribution in [0.15, 0.2) is 36.8 Å². The fourth-order valence-electron chi connectivity index (χ4n) is 3.37. The second kappa shape index (κ2) is 9.43. The molecular formula is C21H18ClF3N8O2. The van der Waals surface area contributed by atoms with E-state index in [1.165, 1.54) is 32.6 Å². The number of nitrogens with one attached hydrogen (secondary N) is 2. The van der Waals surface area contributed by atoms with Crippen LogP contribution in [0.5, 0.6) is 0 Å². The van der Waals surface area contributed by atoms with Crippen molar-refractivity contribution in [2.45, 2.75) is 26.1 Å². The van der Waals surface area contributed by atoms with Gasteiger partial charge in [-0.3, -0.25) is 4.98 Å². The van der Waals surface area contributed by atoms with Crippen molar-refractivity contribution < 1.29 is 22.7 Å². The summed E-state index contributed by atoms with van der Waals surface area (Å²) in [4.78, 5) is 26.1. The van der Waals surface area contributed by atoms with Gasteiger partial charge in [0.1, 0.15) is 10.7 Å². The molecule has 0 radical (unpaired) electrons. The molecule has 0 spiro atoms. The minimum atomic E-state index is -4.77. The minimum absolute atomic E-state index is 0.121. The second-order valence-corrected chi connectivity index (χ2v) is 7.74. The van der Waals surface area contributed by atoms with Crippen LogP contribution in [0.2, 0.25) is 5.15 Å². The van der Waals surface area contributed by atoms with Crippen molar-refractivity contribution in [1.82, 2.24) is 29.9 Å². The number of carbonyl (C=O) groups excluding carboxylic acids is 1. The summed E-state index contributed by atoms with van der Waals surface area (Å²) < 4.78 is 46.6. The van der Waals surface area contributed by atoms with E-state index in [1.54, 1.807) is 19.1 Å². The average molecular weight is 507 g/mol. The Labute approximate surface area is 201 Å². The van der Waals surface area contributed by atoms with Crippen LogP contribution in [-0.2, 0) is 10.9 Å². The SMILES string of the molecule is CO[C@@H](C)c1c(NC(=O)Nc2cc(C(F)(F)F)c(-n3nccn3)nc2C)cnc2ccc(Cl)nc12. The summed E-state index contributed by atoms with van der Waals surface area (Å²) in [7, 11) is 1.48. The summed E-state index contributed by atoms with van der Waals surface area (Å²) in [5.41, 5.74) is 0.543. The summed E-state index contributed by atoms with van der Waals surface area (Å²) in [6.07, 6.45) is -1.42. The molecule has 0 saturated carbocycles. The highest BCUT2D eigenvalue weighted by Crippen LogP contribution is 2.36. The zero-order valence-corrected chi connectivity index (χ0v) is 19.3. The lowest BCUT2D eigenvalue weighted by Crippen LogP contribution is -2.23. The number of amides is 2. The first kappa shape index (κ1) is 24.3. The van der Waals surface area contributed by atoms with Gasteiger partial charge in [0.25, 0.3) is 0 Å². The normalized spacial score (nSPS) is 12.5. The van der Waals surface area contributed by atoms with Crippen molar-refractivity contribution >= 4 is 40.0 Å². The first-order valence-corrected chi connectivity index (χ1v) is 10.5. The zero-order chi connectivity index (χ0) is 25.3. The van der Waals surface area contributed by atoms with E-state index in [-0.39, 0.29) is 22.2 Å². The molecule has 0 aliphatic rings. The van der Waals surface area contributed by atoms with Gasteiger partial charge in [0.15, 0.2) is 5.82 Å². The molecule has 182 valence electrons. The lowest BCUT2D eigenvalue weighted by atomic mass is 10.1. The Balaban J connectivity index is 1.69. The third-order valence-electron chi connectivity index (χ3n) is 5.08. The van der Waals surface area contributed by atoms with Crippen LogP contribution in [0, 0.1) is 6.92 Å². The maximum Gasteiger partial charge on any atom is 0.420 e. The topological polar surface area (TPSA) is 120 Å². The van der Waals surface area contributed by atoms with Crippen molar-refractivity contribution in [3.63, 3.8) is 0 Å². The lowest BCUT2D eigenvalue weighted by Gasteiger charge is -2.19. The van der Waals surface area contributed by atoms with E-state index < -0.39 is 29.7 Å². The number of hydrogen-bond donors (Lipinski definition) is 2. The van der Waals surface area contributed by atoms with Gasteiger partial charge in [-0.1, -0.05) is 11.6 Å². The van der Waals surface area contributed by atoms with Gasteiger partial charge in [-0.05, 0) is 32.0 Å². The van der Waals surface area contributed by atoms with Crippen molar-refractivity contribution in [2.75, 3.05) is 17.7 Å². The molecule has 0 saturated heterocycles. The summed E-state index contributed by atoms with van der Waals surface area (Å²) in [6, 6.07) is 3.21. The van der Waals surface area contributed by atoms with Crippen molar-refractivity contribution in [1.29, 1.82) is 0 Å². The number of pyridine rings is 3. The zero-order valence-electron chi connectivity index (χ0n) is 18.6. The molecule has 0 aliphatic carbocycles. The standard InChI is InChI=1S/C21H18ClF3N8O2/c1-10-14(8-12(21(23,24)25)19(29-10)33-27-6-7-28-33)30-20(34)31-15-9-26-13-4-5-16(22)32-18(13)17(15)11(2)35-3/h4-9,11H,1-3H3,(H2,30,31,34)/t11-/m0/s1. The number of halogens is 4. The predicted octanol–water partition coefficient (Wildman–Crippen LogP) is 4.94. The molecule has 4 aromatic heterocycles. The molecule has 4 rings (SSSR count). The molecule has 10 nitrogen and oxygen atoms in total. The van der Waals surface area contributed by atoms with Gasteiger partial charge < -0.3 is 15.4 Å². The predicted molar refractivity (Wildman–Crippen MR) is 122 cm³/mol. The Bertz CT molecular complexity index is 1400. The average Bonchev–Trinajstić information content (AvgIpc) is 3.33. The van der Waals surface area contributed by atoms with E-state index in [1.807, 2.05) is 0 Å². The van der Waals surface area contributed by atoms with E-state index in [0.717, 1.165) is 10.9 Å². The van der Waals surface area contributed by atoms with Crippen LogP contribution < -0.4 is 10.6 Å². The number of rotatable bonds is 5. The maximum atomic E-state index is 13.7. The quantitative estimate of drug-likeness (QED) is 0.368. The molecular weight excluding hydrogens is 489 g/mol. The van der Waals surface area contributed by atoms with Crippen LogP contribution in [0.1, 0.15) is 29.8 Å². The number of ether oxygens (including phenoxy) is 1. The van der Waals surface area contributed by atoms with Crippen molar-refractivity contribution in [3.8, 4) is 5.82 Å². The van der Waals surface area contributed by atoms with E-state index in [4.69, 9.17) is 16.3 Å². The Morgan fingerprint density at radius 1 is 1.14 bits per heavy atom. The second-order valence-electron chi connectivity index (χ2n) is 7.35. The van der Waals surface area contributed by atoms with Crippen molar-refractivity contribution in [2.24, 2.45) is 0 Å². The van der Waals surface area contributed by atoms with Crippen LogP contribution in [-0.4, -0.2) is 43.1 Å². The Kier molecular flexibility index (Phi) is 6.54. The van der Waals surface area contributed by atoms with Gasteiger partial charge in [-0.15, -0.1) is 4.80 Å². The first-order chi connectivity index (χ1) is 16.6. The van der Waals surface area contributed by atoms with Gasteiger partial charge >= 0.3 is 12.2 Å². The fourth-order valence-corrected chi connectivity index (χ4v) is 3.52. The van der Waals surface area contributed by atoms with Crippen molar-refractivity contribution in [3.05, 3.63) is 58.8 Å². The summed E-state index contributed by atoms with van der Waals surface area (Å²) in [5.74, 6) is -0.510. The number of methoxy groups -OCH3 is 1. The summed E-state index contributed by atoms with van der Waals surface area (Å²) in [6.45, 7) is 3.19. The number of urea groups is 1. The van der Waals surface area contributed by atoms with E-state index in [9.17, 15) is 18.0 Å². The third-order valence-corrected chi connectivity index (χ3v) is 5.29. The summed E-state index contributed by atoms with van der Waals surface area (Å²) in [5, 5.41) is 12.7. The number of anilines is 2.